The van der Waals surface area contributed by atoms with Crippen LogP contribution in [0, 0.1) is 6.92 Å². The molecule has 1 N–H and O–H groups in total. The summed E-state index contributed by atoms with van der Waals surface area (Å²) in [6.45, 7) is 5.62. The minimum Gasteiger partial charge on any atom is -0.308 e. The molecule has 1 aliphatic carbocycles. The van der Waals surface area contributed by atoms with Gasteiger partial charge in [-0.25, -0.2) is 4.98 Å². The Morgan fingerprint density at radius 1 is 1.30 bits per heavy atom. The van der Waals surface area contributed by atoms with Gasteiger partial charge in [-0.2, -0.15) is 0 Å². The minimum atomic E-state index is 0.675. The van der Waals surface area contributed by atoms with Gasteiger partial charge in [0, 0.05) is 30.2 Å². The average Bonchev–Trinajstić information content (AvgIpc) is 3.14. The molecule has 2 aromatic heterocycles. The van der Waals surface area contributed by atoms with Crippen LogP contribution in [-0.2, 0) is 6.54 Å². The molecule has 0 radical (unpaired) electrons. The Morgan fingerprint density at radius 3 is 2.85 bits per heavy atom. The SMILES string of the molecule is Cc1nc2sccn2c1CNC1CCN(C2CC2)CC1. The van der Waals surface area contributed by atoms with E-state index in [0.29, 0.717) is 6.04 Å². The van der Waals surface area contributed by atoms with E-state index in [1.54, 1.807) is 11.3 Å². The number of nitrogens with one attached hydrogen (secondary N) is 1. The Morgan fingerprint density at radius 2 is 2.10 bits per heavy atom. The molecule has 0 bridgehead atoms. The zero-order chi connectivity index (χ0) is 13.5. The van der Waals surface area contributed by atoms with Crippen molar-refractivity contribution in [3.63, 3.8) is 0 Å². The second-order valence-corrected chi connectivity index (χ2v) is 6.99. The number of thiazole rings is 1. The van der Waals surface area contributed by atoms with Crippen molar-refractivity contribution in [1.82, 2.24) is 19.6 Å². The molecule has 0 unspecified atom stereocenters. The molecule has 2 aliphatic rings. The molecule has 1 aliphatic heterocycles. The maximum atomic E-state index is 4.61. The Balaban J connectivity index is 1.36. The highest BCUT2D eigenvalue weighted by molar-refractivity contribution is 7.15. The average molecular weight is 290 g/mol. The molecule has 0 aromatic carbocycles. The van der Waals surface area contributed by atoms with Gasteiger partial charge in [-0.3, -0.25) is 4.40 Å². The Labute approximate surface area is 123 Å². The van der Waals surface area contributed by atoms with Crippen molar-refractivity contribution >= 4 is 16.3 Å². The molecule has 2 aromatic rings. The monoisotopic (exact) mass is 290 g/mol. The van der Waals surface area contributed by atoms with Crippen LogP contribution in [0.5, 0.6) is 0 Å². The summed E-state index contributed by atoms with van der Waals surface area (Å²) in [5, 5.41) is 5.85. The smallest absolute Gasteiger partial charge is 0.194 e. The zero-order valence-electron chi connectivity index (χ0n) is 12.0. The summed E-state index contributed by atoms with van der Waals surface area (Å²) in [5.74, 6) is 0. The lowest BCUT2D eigenvalue weighted by molar-refractivity contribution is 0.189. The summed E-state index contributed by atoms with van der Waals surface area (Å²) >= 11 is 1.71. The standard InChI is InChI=1S/C15H22N4S/c1-11-14(19-8-9-20-15(19)17-11)10-16-12-4-6-18(7-5-12)13-2-3-13/h8-9,12-13,16H,2-7,10H2,1H3. The van der Waals surface area contributed by atoms with Crippen molar-refractivity contribution in [2.45, 2.75) is 51.2 Å². The summed E-state index contributed by atoms with van der Waals surface area (Å²) in [6, 6.07) is 1.60. The normalized spacial score (nSPS) is 21.9. The lowest BCUT2D eigenvalue weighted by atomic mass is 10.0. The first-order valence-corrected chi connectivity index (χ1v) is 8.57. The molecule has 0 spiro atoms. The van der Waals surface area contributed by atoms with E-state index in [0.717, 1.165) is 17.5 Å². The van der Waals surface area contributed by atoms with Crippen LogP contribution in [0.4, 0.5) is 0 Å². The van der Waals surface area contributed by atoms with Crippen LogP contribution >= 0.6 is 11.3 Å². The van der Waals surface area contributed by atoms with Crippen LogP contribution in [0.25, 0.3) is 4.96 Å². The third kappa shape index (κ3) is 2.38. The fourth-order valence-corrected chi connectivity index (χ4v) is 4.08. The molecular formula is C15H22N4S. The lowest BCUT2D eigenvalue weighted by Gasteiger charge is -2.32. The molecule has 4 nitrogen and oxygen atoms in total. The largest absolute Gasteiger partial charge is 0.308 e. The summed E-state index contributed by atoms with van der Waals surface area (Å²) in [5.41, 5.74) is 2.49. The third-order valence-corrected chi connectivity index (χ3v) is 5.47. The van der Waals surface area contributed by atoms with Gasteiger partial charge in [0.2, 0.25) is 0 Å². The quantitative estimate of drug-likeness (QED) is 0.938. The van der Waals surface area contributed by atoms with Crippen molar-refractivity contribution < 1.29 is 0 Å². The Kier molecular flexibility index (Phi) is 3.28. The first kappa shape index (κ1) is 12.8. The van der Waals surface area contributed by atoms with Gasteiger partial charge in [-0.15, -0.1) is 11.3 Å². The highest BCUT2D eigenvalue weighted by Gasteiger charge is 2.31. The topological polar surface area (TPSA) is 32.6 Å². The van der Waals surface area contributed by atoms with E-state index < -0.39 is 0 Å². The summed E-state index contributed by atoms with van der Waals surface area (Å²) in [6.07, 6.45) is 7.58. The Bertz CT molecular complexity index is 590. The number of hydrogen-bond donors (Lipinski definition) is 1. The number of hydrogen-bond acceptors (Lipinski definition) is 4. The molecule has 1 saturated heterocycles. The van der Waals surface area contributed by atoms with Crippen molar-refractivity contribution in [1.29, 1.82) is 0 Å². The summed E-state index contributed by atoms with van der Waals surface area (Å²) in [7, 11) is 0. The van der Waals surface area contributed by atoms with Crippen molar-refractivity contribution in [3.8, 4) is 0 Å². The third-order valence-electron chi connectivity index (χ3n) is 4.71. The van der Waals surface area contributed by atoms with Crippen LogP contribution in [0.2, 0.25) is 0 Å². The van der Waals surface area contributed by atoms with Crippen molar-refractivity contribution in [2.24, 2.45) is 0 Å². The van der Waals surface area contributed by atoms with E-state index in [4.69, 9.17) is 0 Å². The highest BCUT2D eigenvalue weighted by atomic mass is 32.1. The predicted octanol–water partition coefficient (Wildman–Crippen LogP) is 2.42. The number of nitrogens with zero attached hydrogens (tertiary/aromatic N) is 3. The van der Waals surface area contributed by atoms with E-state index >= 15 is 0 Å². The van der Waals surface area contributed by atoms with Crippen molar-refractivity contribution in [3.05, 3.63) is 23.0 Å². The lowest BCUT2D eigenvalue weighted by Crippen LogP contribution is -2.43. The molecule has 1 saturated carbocycles. The van der Waals surface area contributed by atoms with E-state index in [1.807, 2.05) is 0 Å². The van der Waals surface area contributed by atoms with Gasteiger partial charge in [-0.05, 0) is 45.7 Å². The zero-order valence-corrected chi connectivity index (χ0v) is 12.8. The first-order valence-electron chi connectivity index (χ1n) is 7.70. The highest BCUT2D eigenvalue weighted by Crippen LogP contribution is 2.29. The van der Waals surface area contributed by atoms with E-state index in [-0.39, 0.29) is 0 Å². The van der Waals surface area contributed by atoms with Gasteiger partial charge >= 0.3 is 0 Å². The van der Waals surface area contributed by atoms with Gasteiger partial charge < -0.3 is 10.2 Å². The van der Waals surface area contributed by atoms with E-state index in [1.165, 1.54) is 50.2 Å². The number of imidazole rings is 1. The molecule has 2 fully saturated rings. The second kappa shape index (κ2) is 5.13. The molecule has 5 heteroatoms. The van der Waals surface area contributed by atoms with Gasteiger partial charge in [0.05, 0.1) is 11.4 Å². The Hall–Kier alpha value is -0.910. The summed E-state index contributed by atoms with van der Waals surface area (Å²) in [4.78, 5) is 8.41. The molecule has 20 heavy (non-hydrogen) atoms. The molecule has 108 valence electrons. The number of fused-ring (bicyclic) bond motifs is 1. The van der Waals surface area contributed by atoms with Crippen molar-refractivity contribution in [2.75, 3.05) is 13.1 Å². The van der Waals surface area contributed by atoms with Crippen LogP contribution in [0.3, 0.4) is 0 Å². The molecule has 3 heterocycles. The molecule has 0 atom stereocenters. The number of rotatable bonds is 4. The van der Waals surface area contributed by atoms with Gasteiger partial charge in [0.1, 0.15) is 0 Å². The number of piperidine rings is 1. The maximum absolute atomic E-state index is 4.61. The molecule has 4 rings (SSSR count). The number of aromatic nitrogens is 2. The number of likely N-dealkylation sites (tertiary alicyclic amines) is 1. The van der Waals surface area contributed by atoms with Crippen LogP contribution in [0.15, 0.2) is 11.6 Å². The predicted molar refractivity (Wildman–Crippen MR) is 82.3 cm³/mol. The fourth-order valence-electron chi connectivity index (χ4n) is 3.30. The van der Waals surface area contributed by atoms with Crippen LogP contribution in [0.1, 0.15) is 37.1 Å². The summed E-state index contributed by atoms with van der Waals surface area (Å²) < 4.78 is 2.23. The molecule has 0 amide bonds. The second-order valence-electron chi connectivity index (χ2n) is 6.12. The molecular weight excluding hydrogens is 268 g/mol. The number of aryl methyl sites for hydroxylation is 1. The minimum absolute atomic E-state index is 0.675. The fraction of sp³-hybridized carbons (Fsp3) is 0.667. The van der Waals surface area contributed by atoms with Crippen LogP contribution < -0.4 is 5.32 Å². The van der Waals surface area contributed by atoms with Gasteiger partial charge in [-0.1, -0.05) is 0 Å². The van der Waals surface area contributed by atoms with Crippen LogP contribution in [-0.4, -0.2) is 39.5 Å². The maximum Gasteiger partial charge on any atom is 0.194 e. The first-order chi connectivity index (χ1) is 9.81. The van der Waals surface area contributed by atoms with E-state index in [9.17, 15) is 0 Å². The van der Waals surface area contributed by atoms with Gasteiger partial charge in [0.15, 0.2) is 4.96 Å². The van der Waals surface area contributed by atoms with Gasteiger partial charge in [0.25, 0.3) is 0 Å². The van der Waals surface area contributed by atoms with E-state index in [2.05, 4.69) is 38.1 Å².